The van der Waals surface area contributed by atoms with Crippen LogP contribution in [0.15, 0.2) is 58.1 Å². The number of carbonyl (C=O) groups excluding carboxylic acids is 1. The Balaban J connectivity index is 2.13. The number of hydrogen-bond donors (Lipinski definition) is 1. The molecule has 1 amide bonds. The monoisotopic (exact) mass is 346 g/mol. The number of nitrogens with one attached hydrogen (secondary N) is 1. The lowest BCUT2D eigenvalue weighted by molar-refractivity contribution is 0.0954. The van der Waals surface area contributed by atoms with Gasteiger partial charge in [-0.2, -0.15) is 5.10 Å². The number of benzene rings is 2. The molecule has 0 bridgehead atoms. The average molecular weight is 347 g/mol. The van der Waals surface area contributed by atoms with Crippen LogP contribution in [0.2, 0.25) is 0 Å². The molecule has 0 aromatic heterocycles. The summed E-state index contributed by atoms with van der Waals surface area (Å²) in [4.78, 5) is 12.1. The summed E-state index contributed by atoms with van der Waals surface area (Å²) in [5.74, 6) is 0.490. The molecule has 0 saturated carbocycles. The maximum Gasteiger partial charge on any atom is 0.272 e. The molecule has 5 heteroatoms. The molecule has 21 heavy (non-hydrogen) atoms. The minimum atomic E-state index is -0.260. The molecule has 0 heterocycles. The lowest BCUT2D eigenvalue weighted by atomic mass is 10.1. The summed E-state index contributed by atoms with van der Waals surface area (Å²) in [5.41, 5.74) is 4.69. The lowest BCUT2D eigenvalue weighted by Gasteiger charge is -2.06. The highest BCUT2D eigenvalue weighted by Crippen LogP contribution is 2.16. The number of rotatable bonds is 4. The quantitative estimate of drug-likeness (QED) is 0.679. The Hall–Kier alpha value is -2.14. The largest absolute Gasteiger partial charge is 0.497 e. The number of ether oxygens (including phenoxy) is 1. The van der Waals surface area contributed by atoms with Crippen molar-refractivity contribution in [2.75, 3.05) is 7.11 Å². The second kappa shape index (κ2) is 7.04. The van der Waals surface area contributed by atoms with Crippen molar-refractivity contribution in [2.24, 2.45) is 5.10 Å². The molecule has 0 saturated heterocycles. The molecule has 4 nitrogen and oxygen atoms in total. The van der Waals surface area contributed by atoms with Crippen LogP contribution >= 0.6 is 15.9 Å². The maximum atomic E-state index is 12.1. The fourth-order valence-corrected chi connectivity index (χ4v) is 2.22. The molecule has 2 aromatic rings. The van der Waals surface area contributed by atoms with E-state index in [1.807, 2.05) is 43.3 Å². The van der Waals surface area contributed by atoms with Crippen LogP contribution in [-0.4, -0.2) is 18.7 Å². The van der Waals surface area contributed by atoms with Crippen molar-refractivity contribution < 1.29 is 9.53 Å². The van der Waals surface area contributed by atoms with Gasteiger partial charge in [0.15, 0.2) is 0 Å². The van der Waals surface area contributed by atoms with Crippen molar-refractivity contribution in [3.8, 4) is 5.75 Å². The minimum Gasteiger partial charge on any atom is -0.497 e. The second-order valence-corrected chi connectivity index (χ2v) is 5.20. The van der Waals surface area contributed by atoms with Gasteiger partial charge in [0.2, 0.25) is 0 Å². The van der Waals surface area contributed by atoms with E-state index in [4.69, 9.17) is 4.74 Å². The molecule has 2 aromatic carbocycles. The van der Waals surface area contributed by atoms with Crippen molar-refractivity contribution in [2.45, 2.75) is 6.92 Å². The highest BCUT2D eigenvalue weighted by Gasteiger charge is 2.08. The standard InChI is InChI=1S/C16H15BrN2O2/c1-11(12-6-5-7-13(10-12)21-2)18-19-16(20)14-8-3-4-9-15(14)17/h3-10H,1-2H3,(H,19,20)/b18-11-. The summed E-state index contributed by atoms with van der Waals surface area (Å²) in [6.07, 6.45) is 0. The van der Waals surface area contributed by atoms with Gasteiger partial charge in [-0.15, -0.1) is 0 Å². The summed E-state index contributed by atoms with van der Waals surface area (Å²) < 4.78 is 5.90. The number of carbonyl (C=O) groups is 1. The van der Waals surface area contributed by atoms with Crippen molar-refractivity contribution in [3.63, 3.8) is 0 Å². The Labute approximate surface area is 132 Å². The highest BCUT2D eigenvalue weighted by atomic mass is 79.9. The fraction of sp³-hybridized carbons (Fsp3) is 0.125. The number of nitrogens with zero attached hydrogens (tertiary/aromatic N) is 1. The third kappa shape index (κ3) is 3.92. The zero-order chi connectivity index (χ0) is 15.2. The van der Waals surface area contributed by atoms with Crippen LogP contribution in [0.25, 0.3) is 0 Å². The number of halogens is 1. The van der Waals surface area contributed by atoms with Gasteiger partial charge in [0.05, 0.1) is 18.4 Å². The first-order chi connectivity index (χ1) is 10.1. The number of amides is 1. The van der Waals surface area contributed by atoms with E-state index in [0.717, 1.165) is 15.8 Å². The molecule has 2 rings (SSSR count). The molecular weight excluding hydrogens is 332 g/mol. The molecule has 0 unspecified atom stereocenters. The van der Waals surface area contributed by atoms with Crippen molar-refractivity contribution in [1.29, 1.82) is 0 Å². The van der Waals surface area contributed by atoms with E-state index in [0.29, 0.717) is 11.3 Å². The molecule has 0 aliphatic carbocycles. The zero-order valence-electron chi connectivity index (χ0n) is 11.8. The third-order valence-electron chi connectivity index (χ3n) is 2.93. The van der Waals surface area contributed by atoms with E-state index in [9.17, 15) is 4.79 Å². The van der Waals surface area contributed by atoms with Gasteiger partial charge < -0.3 is 4.74 Å². The molecule has 1 N–H and O–H groups in total. The maximum absolute atomic E-state index is 12.1. The molecule has 0 aliphatic heterocycles. The Morgan fingerprint density at radius 3 is 2.67 bits per heavy atom. The predicted molar refractivity (Wildman–Crippen MR) is 86.8 cm³/mol. The second-order valence-electron chi connectivity index (χ2n) is 4.35. The van der Waals surface area contributed by atoms with E-state index < -0.39 is 0 Å². The van der Waals surface area contributed by atoms with Gasteiger partial charge in [-0.1, -0.05) is 24.3 Å². The summed E-state index contributed by atoms with van der Waals surface area (Å²) in [7, 11) is 1.61. The van der Waals surface area contributed by atoms with E-state index in [1.54, 1.807) is 19.2 Å². The van der Waals surface area contributed by atoms with Gasteiger partial charge in [0, 0.05) is 10.0 Å². The van der Waals surface area contributed by atoms with Gasteiger partial charge in [-0.05, 0) is 47.1 Å². The van der Waals surface area contributed by atoms with Crippen LogP contribution < -0.4 is 10.2 Å². The van der Waals surface area contributed by atoms with Gasteiger partial charge in [-0.3, -0.25) is 4.79 Å². The first-order valence-electron chi connectivity index (χ1n) is 6.35. The smallest absolute Gasteiger partial charge is 0.272 e. The Morgan fingerprint density at radius 1 is 1.19 bits per heavy atom. The van der Waals surface area contributed by atoms with Crippen LogP contribution in [0.4, 0.5) is 0 Å². The Morgan fingerprint density at radius 2 is 1.95 bits per heavy atom. The first-order valence-corrected chi connectivity index (χ1v) is 7.14. The molecule has 0 fully saturated rings. The van der Waals surface area contributed by atoms with Crippen molar-refractivity contribution in [3.05, 3.63) is 64.1 Å². The van der Waals surface area contributed by atoms with Crippen molar-refractivity contribution in [1.82, 2.24) is 5.43 Å². The molecular formula is C16H15BrN2O2. The van der Waals surface area contributed by atoms with Crippen LogP contribution in [-0.2, 0) is 0 Å². The number of methoxy groups -OCH3 is 1. The Kier molecular flexibility index (Phi) is 5.11. The van der Waals surface area contributed by atoms with Gasteiger partial charge in [0.25, 0.3) is 5.91 Å². The van der Waals surface area contributed by atoms with Crippen LogP contribution in [0.3, 0.4) is 0 Å². The lowest BCUT2D eigenvalue weighted by Crippen LogP contribution is -2.19. The number of hydrogen-bond acceptors (Lipinski definition) is 3. The molecule has 0 spiro atoms. The first kappa shape index (κ1) is 15.3. The van der Waals surface area contributed by atoms with Gasteiger partial charge >= 0.3 is 0 Å². The Bertz CT molecular complexity index is 683. The number of hydrazone groups is 1. The topological polar surface area (TPSA) is 50.7 Å². The van der Waals surface area contributed by atoms with E-state index in [-0.39, 0.29) is 5.91 Å². The van der Waals surface area contributed by atoms with E-state index in [2.05, 4.69) is 26.5 Å². The van der Waals surface area contributed by atoms with Gasteiger partial charge in [-0.25, -0.2) is 5.43 Å². The fourth-order valence-electron chi connectivity index (χ4n) is 1.75. The van der Waals surface area contributed by atoms with E-state index >= 15 is 0 Å². The third-order valence-corrected chi connectivity index (χ3v) is 3.62. The zero-order valence-corrected chi connectivity index (χ0v) is 13.3. The van der Waals surface area contributed by atoms with Gasteiger partial charge in [0.1, 0.15) is 5.75 Å². The predicted octanol–water partition coefficient (Wildman–Crippen LogP) is 3.61. The summed E-state index contributed by atoms with van der Waals surface area (Å²) >= 11 is 3.34. The molecule has 0 aliphatic rings. The normalized spacial score (nSPS) is 11.1. The highest BCUT2D eigenvalue weighted by molar-refractivity contribution is 9.10. The summed E-state index contributed by atoms with van der Waals surface area (Å²) in [6, 6.07) is 14.7. The SMILES string of the molecule is COc1cccc(/C(C)=N\NC(=O)c2ccccc2Br)c1. The van der Waals surface area contributed by atoms with Crippen LogP contribution in [0.5, 0.6) is 5.75 Å². The summed E-state index contributed by atoms with van der Waals surface area (Å²) in [6.45, 7) is 1.83. The summed E-state index contributed by atoms with van der Waals surface area (Å²) in [5, 5.41) is 4.13. The van der Waals surface area contributed by atoms with Crippen molar-refractivity contribution >= 4 is 27.5 Å². The molecule has 0 radical (unpaired) electrons. The molecule has 108 valence electrons. The van der Waals surface area contributed by atoms with Crippen LogP contribution in [0.1, 0.15) is 22.8 Å². The molecule has 0 atom stereocenters. The minimum absolute atomic E-state index is 0.260. The van der Waals surface area contributed by atoms with E-state index in [1.165, 1.54) is 0 Å². The van der Waals surface area contributed by atoms with Crippen LogP contribution in [0, 0.1) is 0 Å². The average Bonchev–Trinajstić information content (AvgIpc) is 2.52.